The SMILES string of the molecule is Cn1c(-c2ccccc2)cnc1-c1[c-]coc1.Cn1c[c-]c(-c2ncc(-c3ccccc3)o2)c1.Cn1c[c-]c(-c2nccs2)c1-c1ccccc1.Cn1cc[c-]c1-n1cccn1.Cn1ccnc1-c1[c-]cn(C)c1-c1ccccc1.Cn1cnc(-c2cc(-c3ccccc3)c[n-]2)c1.Cn1n[c-]c(-n2cccn2)c1-c1ccccc1.[Ir].[Ir].[Ir].[Pt+2].[Pt+2].[c-]1ccoc1-n1cccn1.[c-]1ncoc1-n1cccn1.[c-]1occc1-n1cccn1. The van der Waals surface area contributed by atoms with E-state index in [2.05, 4.69) is 196 Å². The summed E-state index contributed by atoms with van der Waals surface area (Å²) in [5.41, 5.74) is 19.7. The van der Waals surface area contributed by atoms with Crippen LogP contribution in [0.15, 0.2) is 438 Å². The maximum atomic E-state index is 5.71. The summed E-state index contributed by atoms with van der Waals surface area (Å²) in [5, 5.41) is 27.3. The standard InChI is InChI=1S/C15H14N3.C14H12N3.2C14H11N2O.C14H11N2S.C13H11N4.C8H8N3.2C7H5N2O.C6H4N3O.3Ir.2Pt/c1-17-10-8-13(15-16-9-11-18(15)2)14(17)12-6-4-3-5-7-12;1-17-9-14(16-10-17)13-7-12(8-15-13)11-5-3-2-4-6-11;1-16-13(11-5-3-2-4-6-11)9-15-14(16)12-7-8-17-10-12;1-16-8-7-12(10-16)14-15-9-13(17-14)11-5-3-2-4-6-11;1-16-9-7-12(14-15-8-10-17-14)13(16)11-5-3-2-4-6-11;1-16-13(11-6-3-2-4-7-11)12(10-15-16)17-9-5-8-14-17;1-10-6-2-4-8(10)11-7-3-5-9-11;1-3-7(10-6-1)9-5-2-4-8-9;1-3-8-9(4-1)7-2-5-10-6-7;1-2-8-9(3-1)6-4-7-5-10-6;;;;;/h3-7,9-11H,1-2H3;2-10H,1H3;3*2-6,8-10H,1H3;2-9H,1H3;2-3,5-7H,1H3;1-2,4-6H;1-5H;1-3,5H;;;;;/q10*-1;;;;2*+2. The molecule has 20 heterocycles. The molecule has 3 radical (unpaired) electrons. The molecule has 0 atom stereocenters. The third-order valence-corrected chi connectivity index (χ3v) is 22.3. The fourth-order valence-corrected chi connectivity index (χ4v) is 15.2. The van der Waals surface area contributed by atoms with Crippen LogP contribution in [0.1, 0.15) is 0 Å². The first-order valence-corrected chi connectivity index (χ1v) is 45.8. The van der Waals surface area contributed by atoms with Crippen LogP contribution in [-0.2, 0) is 159 Å². The van der Waals surface area contributed by atoms with Gasteiger partial charge in [0.15, 0.2) is 0 Å². The molecule has 0 saturated heterocycles. The van der Waals surface area contributed by atoms with E-state index < -0.39 is 0 Å². The minimum Gasteiger partial charge on any atom is -0.662 e. The second-order valence-corrected chi connectivity index (χ2v) is 32.3. The number of hydrogen-bond donors (Lipinski definition) is 0. The molecule has 26 rings (SSSR count). The molecule has 0 amide bonds. The van der Waals surface area contributed by atoms with Crippen LogP contribution < -0.4 is 4.98 Å². The van der Waals surface area contributed by atoms with E-state index in [1.165, 1.54) is 35.0 Å². The van der Waals surface area contributed by atoms with Crippen molar-refractivity contribution in [2.45, 2.75) is 0 Å². The largest absolute Gasteiger partial charge is 2.00 e. The first kappa shape index (κ1) is 112. The van der Waals surface area contributed by atoms with Crippen molar-refractivity contribution in [1.82, 2.24) is 126 Å². The van der Waals surface area contributed by atoms with Gasteiger partial charge in [0.1, 0.15) is 23.4 Å². The van der Waals surface area contributed by atoms with Crippen molar-refractivity contribution in [2.24, 2.45) is 56.4 Å². The van der Waals surface area contributed by atoms with Crippen molar-refractivity contribution in [2.75, 3.05) is 0 Å². The van der Waals surface area contributed by atoms with E-state index in [-0.39, 0.29) is 102 Å². The van der Waals surface area contributed by atoms with Crippen LogP contribution >= 0.6 is 11.3 Å². The smallest absolute Gasteiger partial charge is 0.662 e. The molecule has 26 aromatic rings. The van der Waals surface area contributed by atoms with Gasteiger partial charge in [0.2, 0.25) is 0 Å². The molecule has 0 aliphatic rings. The molecular weight excluding hydrogens is 2790 g/mol. The predicted molar refractivity (Wildman–Crippen MR) is 548 cm³/mol. The molecule has 149 heavy (non-hydrogen) atoms. The van der Waals surface area contributed by atoms with Crippen molar-refractivity contribution >= 4 is 11.3 Å². The number of imidazole rings is 3. The second kappa shape index (κ2) is 56.5. The molecule has 0 saturated carbocycles. The van der Waals surface area contributed by atoms with E-state index in [0.29, 0.717) is 17.7 Å². The number of thiazole rings is 1. The van der Waals surface area contributed by atoms with Gasteiger partial charge < -0.3 is 88.8 Å². The van der Waals surface area contributed by atoms with Crippen LogP contribution in [0.5, 0.6) is 0 Å². The van der Waals surface area contributed by atoms with E-state index in [9.17, 15) is 0 Å². The molecule has 31 nitrogen and oxygen atoms in total. The van der Waals surface area contributed by atoms with Crippen molar-refractivity contribution < 1.29 is 125 Å². The van der Waals surface area contributed by atoms with E-state index in [1.807, 2.05) is 328 Å². The molecule has 0 aliphatic carbocycles. The number of benzene rings is 6. The summed E-state index contributed by atoms with van der Waals surface area (Å²) in [6, 6.07) is 96.5. The Balaban J connectivity index is 0.000000147. The number of rotatable bonds is 16. The molecule has 37 heteroatoms. The molecular formula is C112H92Ir3N26O5Pt2S-6. The number of aromatic nitrogens is 26. The Morgan fingerprint density at radius 3 is 1.50 bits per heavy atom. The molecule has 0 N–H and O–H groups in total. The maximum Gasteiger partial charge on any atom is 2.00 e. The Kier molecular flexibility index (Phi) is 42.3. The maximum absolute atomic E-state index is 5.71. The minimum absolute atomic E-state index is 0. The third kappa shape index (κ3) is 29.6. The Labute approximate surface area is 933 Å². The van der Waals surface area contributed by atoms with E-state index in [4.69, 9.17) is 22.1 Å². The summed E-state index contributed by atoms with van der Waals surface area (Å²) >= 11 is 1.64. The van der Waals surface area contributed by atoms with Gasteiger partial charge in [-0.15, -0.1) is 40.2 Å². The van der Waals surface area contributed by atoms with E-state index >= 15 is 0 Å². The molecule has 759 valence electrons. The van der Waals surface area contributed by atoms with Crippen LogP contribution in [0.3, 0.4) is 0 Å². The molecule has 0 unspecified atom stereocenters. The minimum atomic E-state index is 0. The van der Waals surface area contributed by atoms with Crippen molar-refractivity contribution in [1.29, 1.82) is 0 Å². The number of aryl methyl sites for hydroxylation is 7. The number of furan rings is 3. The monoisotopic (exact) mass is 2880 g/mol. The van der Waals surface area contributed by atoms with Crippen molar-refractivity contribution in [3.05, 3.63) is 471 Å². The normalized spacial score (nSPS) is 10.1. The Morgan fingerprint density at radius 2 is 0.987 bits per heavy atom. The van der Waals surface area contributed by atoms with Crippen LogP contribution in [0.2, 0.25) is 0 Å². The Bertz CT molecular complexity index is 7610. The zero-order valence-corrected chi connectivity index (χ0v) is 93.5. The molecule has 6 aromatic carbocycles. The Morgan fingerprint density at radius 1 is 0.409 bits per heavy atom. The average Bonchev–Trinajstić information content (AvgIpc) is 1.65. The van der Waals surface area contributed by atoms with E-state index in [0.717, 1.165) is 113 Å². The first-order chi connectivity index (χ1) is 70.8. The molecule has 20 aromatic heterocycles. The Hall–Kier alpha value is -16.2. The van der Waals surface area contributed by atoms with Gasteiger partial charge in [0.05, 0.1) is 23.9 Å². The summed E-state index contributed by atoms with van der Waals surface area (Å²) in [6.07, 6.45) is 58.1. The number of oxazole rings is 2. The zero-order chi connectivity index (χ0) is 99.0. The van der Waals surface area contributed by atoms with Crippen LogP contribution in [0.4, 0.5) is 0 Å². The van der Waals surface area contributed by atoms with Crippen LogP contribution in [0, 0.1) is 55.1 Å². The van der Waals surface area contributed by atoms with Crippen molar-refractivity contribution in [3.8, 4) is 153 Å². The fourth-order valence-electron chi connectivity index (χ4n) is 14.6. The summed E-state index contributed by atoms with van der Waals surface area (Å²) in [7, 11) is 15.8. The van der Waals surface area contributed by atoms with Gasteiger partial charge in [0, 0.05) is 221 Å². The first-order valence-electron chi connectivity index (χ1n) is 44.9. The quantitative estimate of drug-likeness (QED) is 0.0812. The van der Waals surface area contributed by atoms with Crippen LogP contribution in [-0.4, -0.2) is 121 Å². The van der Waals surface area contributed by atoms with Gasteiger partial charge in [-0.1, -0.05) is 277 Å². The summed E-state index contributed by atoms with van der Waals surface area (Å²) in [5.74, 6) is 5.25. The number of nitrogens with zero attached hydrogens (tertiary/aromatic N) is 26. The summed E-state index contributed by atoms with van der Waals surface area (Å²) in [4.78, 5) is 29.8. The molecule has 0 aliphatic heterocycles. The third-order valence-electron chi connectivity index (χ3n) is 21.5. The van der Waals surface area contributed by atoms with Gasteiger partial charge in [-0.2, -0.15) is 79.4 Å². The van der Waals surface area contributed by atoms with Gasteiger partial charge in [0.25, 0.3) is 0 Å². The molecule has 0 fully saturated rings. The van der Waals surface area contributed by atoms with Gasteiger partial charge in [-0.05, 0) is 99.6 Å². The van der Waals surface area contributed by atoms with Gasteiger partial charge in [-0.25, -0.2) is 31.2 Å². The average molecular weight is 2880 g/mol. The zero-order valence-electron chi connectivity index (χ0n) is 81.0. The topological polar surface area (TPSA) is 299 Å². The van der Waals surface area contributed by atoms with Gasteiger partial charge >= 0.3 is 42.1 Å². The van der Waals surface area contributed by atoms with Gasteiger partial charge in [-0.3, -0.25) is 14.3 Å². The molecule has 0 bridgehead atoms. The fraction of sp³-hybridized carbons (Fsp3) is 0.0714. The summed E-state index contributed by atoms with van der Waals surface area (Å²) < 4.78 is 49.7. The molecule has 0 spiro atoms. The predicted octanol–water partition coefficient (Wildman–Crippen LogP) is 21.8. The van der Waals surface area contributed by atoms with E-state index in [1.54, 1.807) is 128 Å². The van der Waals surface area contributed by atoms with Crippen LogP contribution in [0.25, 0.3) is 153 Å². The van der Waals surface area contributed by atoms with Crippen molar-refractivity contribution in [3.63, 3.8) is 0 Å². The second-order valence-electron chi connectivity index (χ2n) is 31.4. The summed E-state index contributed by atoms with van der Waals surface area (Å²) in [6.45, 7) is 0. The number of hydrogen-bond acceptors (Lipinski definition) is 18.